The van der Waals surface area contributed by atoms with Crippen LogP contribution in [-0.4, -0.2) is 29.4 Å². The van der Waals surface area contributed by atoms with Gasteiger partial charge in [-0.1, -0.05) is 24.3 Å². The van der Waals surface area contributed by atoms with Crippen molar-refractivity contribution in [2.75, 3.05) is 13.7 Å². The summed E-state index contributed by atoms with van der Waals surface area (Å²) in [5, 5.41) is 1.07. The van der Waals surface area contributed by atoms with Crippen LogP contribution in [0.25, 0.3) is 10.2 Å². The van der Waals surface area contributed by atoms with Crippen molar-refractivity contribution in [3.8, 4) is 5.75 Å². The van der Waals surface area contributed by atoms with Gasteiger partial charge >= 0.3 is 0 Å². The molecule has 2 heterocycles. The second kappa shape index (κ2) is 7.46. The first-order valence-corrected chi connectivity index (χ1v) is 9.84. The number of carbonyl (C=O) groups is 1. The number of amides is 1. The predicted molar refractivity (Wildman–Crippen MR) is 105 cm³/mol. The van der Waals surface area contributed by atoms with Crippen molar-refractivity contribution in [3.63, 3.8) is 0 Å². The van der Waals surface area contributed by atoms with Gasteiger partial charge in [0.1, 0.15) is 10.8 Å². The van der Waals surface area contributed by atoms with Gasteiger partial charge < -0.3 is 9.64 Å². The van der Waals surface area contributed by atoms with E-state index in [1.165, 1.54) is 4.70 Å². The molecule has 5 heteroatoms. The minimum atomic E-state index is 0.130. The third kappa shape index (κ3) is 3.44. The number of hydrogen-bond acceptors (Lipinski definition) is 4. The molecule has 1 aromatic heterocycles. The molecule has 1 atom stereocenters. The van der Waals surface area contributed by atoms with Crippen molar-refractivity contribution in [3.05, 3.63) is 59.1 Å². The number of rotatable bonds is 5. The van der Waals surface area contributed by atoms with Crippen molar-refractivity contribution < 1.29 is 9.53 Å². The molecule has 0 aliphatic carbocycles. The summed E-state index contributed by atoms with van der Waals surface area (Å²) in [5.74, 6) is 1.05. The Bertz CT molecular complexity index is 888. The van der Waals surface area contributed by atoms with Crippen LogP contribution < -0.4 is 4.74 Å². The average Bonchev–Trinajstić information content (AvgIpc) is 3.32. The molecular weight excluding hydrogens is 344 g/mol. The highest BCUT2D eigenvalue weighted by Crippen LogP contribution is 2.36. The molecule has 2 aromatic carbocycles. The summed E-state index contributed by atoms with van der Waals surface area (Å²) >= 11 is 1.71. The van der Waals surface area contributed by atoms with Crippen molar-refractivity contribution >= 4 is 27.5 Å². The number of likely N-dealkylation sites (tertiary alicyclic amines) is 1. The Kier molecular flexibility index (Phi) is 4.89. The molecular formula is C21H22N2O2S. The Labute approximate surface area is 157 Å². The largest absolute Gasteiger partial charge is 0.497 e. The van der Waals surface area contributed by atoms with Gasteiger partial charge in [-0.3, -0.25) is 4.79 Å². The van der Waals surface area contributed by atoms with E-state index in [0.29, 0.717) is 6.42 Å². The Morgan fingerprint density at radius 1 is 1.27 bits per heavy atom. The number of para-hydroxylation sites is 1. The van der Waals surface area contributed by atoms with Crippen molar-refractivity contribution in [2.24, 2.45) is 0 Å². The Balaban J connectivity index is 1.46. The molecule has 1 aliphatic rings. The molecule has 0 bridgehead atoms. The molecule has 134 valence electrons. The molecule has 0 radical (unpaired) electrons. The van der Waals surface area contributed by atoms with Crippen LogP contribution in [0.15, 0.2) is 48.5 Å². The van der Waals surface area contributed by atoms with Gasteiger partial charge in [0.25, 0.3) is 0 Å². The van der Waals surface area contributed by atoms with Crippen LogP contribution in [0.1, 0.15) is 35.9 Å². The van der Waals surface area contributed by atoms with E-state index >= 15 is 0 Å². The van der Waals surface area contributed by atoms with E-state index < -0.39 is 0 Å². The van der Waals surface area contributed by atoms with Gasteiger partial charge in [-0.25, -0.2) is 4.98 Å². The van der Waals surface area contributed by atoms with Crippen LogP contribution in [0.3, 0.4) is 0 Å². The van der Waals surface area contributed by atoms with Crippen molar-refractivity contribution in [1.29, 1.82) is 0 Å². The fraction of sp³-hybridized carbons (Fsp3) is 0.333. The number of hydrogen-bond donors (Lipinski definition) is 0. The maximum absolute atomic E-state index is 12.8. The van der Waals surface area contributed by atoms with Gasteiger partial charge in [0, 0.05) is 13.0 Å². The normalized spacial score (nSPS) is 17.0. The quantitative estimate of drug-likeness (QED) is 0.663. The number of thiazole rings is 1. The highest BCUT2D eigenvalue weighted by atomic mass is 32.1. The van der Waals surface area contributed by atoms with Gasteiger partial charge in [0.15, 0.2) is 0 Å². The van der Waals surface area contributed by atoms with Gasteiger partial charge in [0.05, 0.1) is 23.4 Å². The first kappa shape index (κ1) is 17.0. The molecule has 1 unspecified atom stereocenters. The lowest BCUT2D eigenvalue weighted by Crippen LogP contribution is -2.30. The van der Waals surface area contributed by atoms with Crippen LogP contribution in [0.4, 0.5) is 0 Å². The van der Waals surface area contributed by atoms with E-state index in [-0.39, 0.29) is 11.9 Å². The summed E-state index contributed by atoms with van der Waals surface area (Å²) in [6, 6.07) is 16.3. The van der Waals surface area contributed by atoms with Crippen LogP contribution in [0.2, 0.25) is 0 Å². The van der Waals surface area contributed by atoms with Crippen LogP contribution in [-0.2, 0) is 11.2 Å². The maximum Gasteiger partial charge on any atom is 0.223 e. The number of aryl methyl sites for hydroxylation is 1. The zero-order chi connectivity index (χ0) is 17.9. The second-order valence-electron chi connectivity index (χ2n) is 6.62. The molecule has 1 aliphatic heterocycles. The van der Waals surface area contributed by atoms with Gasteiger partial charge in [-0.05, 0) is 49.1 Å². The Morgan fingerprint density at radius 2 is 2.15 bits per heavy atom. The molecule has 4 nitrogen and oxygen atoms in total. The second-order valence-corrected chi connectivity index (χ2v) is 7.68. The number of benzene rings is 2. The number of methoxy groups -OCH3 is 1. The zero-order valence-electron chi connectivity index (χ0n) is 14.9. The molecule has 1 saturated heterocycles. The first-order valence-electron chi connectivity index (χ1n) is 9.02. The smallest absolute Gasteiger partial charge is 0.223 e. The predicted octanol–water partition coefficient (Wildman–Crippen LogP) is 4.60. The number of aromatic nitrogens is 1. The lowest BCUT2D eigenvalue weighted by Gasteiger charge is -2.23. The highest BCUT2D eigenvalue weighted by Gasteiger charge is 2.31. The molecule has 0 saturated carbocycles. The van der Waals surface area contributed by atoms with E-state index in [0.717, 1.165) is 47.6 Å². The minimum Gasteiger partial charge on any atom is -0.497 e. The molecule has 26 heavy (non-hydrogen) atoms. The van der Waals surface area contributed by atoms with E-state index in [4.69, 9.17) is 9.72 Å². The maximum atomic E-state index is 12.8. The highest BCUT2D eigenvalue weighted by molar-refractivity contribution is 7.18. The summed E-state index contributed by atoms with van der Waals surface area (Å²) in [6.07, 6.45) is 3.31. The summed E-state index contributed by atoms with van der Waals surface area (Å²) in [7, 11) is 1.66. The summed E-state index contributed by atoms with van der Waals surface area (Å²) in [5.41, 5.74) is 2.16. The fourth-order valence-corrected chi connectivity index (χ4v) is 4.69. The van der Waals surface area contributed by atoms with E-state index in [9.17, 15) is 4.79 Å². The third-order valence-corrected chi connectivity index (χ3v) is 6.07. The number of ether oxygens (including phenoxy) is 1. The number of nitrogens with zero attached hydrogens (tertiary/aromatic N) is 2. The SMILES string of the molecule is COc1cccc(CCC(=O)N2CCCC2c2nc3ccccc3s2)c1. The van der Waals surface area contributed by atoms with E-state index in [1.54, 1.807) is 18.4 Å². The lowest BCUT2D eigenvalue weighted by molar-refractivity contribution is -0.132. The summed E-state index contributed by atoms with van der Waals surface area (Å²) < 4.78 is 6.46. The molecule has 4 rings (SSSR count). The first-order chi connectivity index (χ1) is 12.7. The fourth-order valence-electron chi connectivity index (χ4n) is 3.58. The number of fused-ring (bicyclic) bond motifs is 1. The van der Waals surface area contributed by atoms with Crippen LogP contribution in [0, 0.1) is 0 Å². The van der Waals surface area contributed by atoms with Crippen LogP contribution in [0.5, 0.6) is 5.75 Å². The average molecular weight is 366 g/mol. The Hall–Kier alpha value is -2.40. The van der Waals surface area contributed by atoms with Gasteiger partial charge in [0.2, 0.25) is 5.91 Å². The van der Waals surface area contributed by atoms with Crippen molar-refractivity contribution in [2.45, 2.75) is 31.7 Å². The standard InChI is InChI=1S/C21H22N2O2S/c1-25-16-7-4-6-15(14-16)11-12-20(24)23-13-5-9-18(23)21-22-17-8-2-3-10-19(17)26-21/h2-4,6-8,10,14,18H,5,9,11-13H2,1H3. The molecule has 3 aromatic rings. The van der Waals surface area contributed by atoms with Gasteiger partial charge in [-0.2, -0.15) is 0 Å². The zero-order valence-corrected chi connectivity index (χ0v) is 15.7. The minimum absolute atomic E-state index is 0.130. The summed E-state index contributed by atoms with van der Waals surface area (Å²) in [4.78, 5) is 19.6. The van der Waals surface area contributed by atoms with E-state index in [2.05, 4.69) is 6.07 Å². The van der Waals surface area contributed by atoms with E-state index in [1.807, 2.05) is 47.4 Å². The molecule has 0 spiro atoms. The van der Waals surface area contributed by atoms with Crippen LogP contribution >= 0.6 is 11.3 Å². The monoisotopic (exact) mass is 366 g/mol. The lowest BCUT2D eigenvalue weighted by atomic mass is 10.1. The van der Waals surface area contributed by atoms with Crippen molar-refractivity contribution in [1.82, 2.24) is 9.88 Å². The third-order valence-electron chi connectivity index (χ3n) is 4.93. The molecule has 1 fully saturated rings. The topological polar surface area (TPSA) is 42.4 Å². The number of carbonyl (C=O) groups excluding carboxylic acids is 1. The molecule has 1 amide bonds. The summed E-state index contributed by atoms with van der Waals surface area (Å²) in [6.45, 7) is 0.831. The van der Waals surface area contributed by atoms with Gasteiger partial charge in [-0.15, -0.1) is 11.3 Å². The Morgan fingerprint density at radius 3 is 3.00 bits per heavy atom. The molecule has 0 N–H and O–H groups in total.